The van der Waals surface area contributed by atoms with E-state index in [4.69, 9.17) is 16.3 Å². The molecule has 0 bridgehead atoms. The summed E-state index contributed by atoms with van der Waals surface area (Å²) in [4.78, 5) is 29.1. The molecule has 0 atom stereocenters. The first kappa shape index (κ1) is 21.0. The van der Waals surface area contributed by atoms with Crippen LogP contribution in [0.5, 0.6) is 0 Å². The van der Waals surface area contributed by atoms with Gasteiger partial charge in [-0.2, -0.15) is 5.10 Å². The maximum absolute atomic E-state index is 12.5. The van der Waals surface area contributed by atoms with E-state index in [9.17, 15) is 9.59 Å². The summed E-state index contributed by atoms with van der Waals surface area (Å²) in [5, 5.41) is 8.13. The Bertz CT molecular complexity index is 1200. The lowest BCUT2D eigenvalue weighted by Gasteiger charge is -2.06. The fourth-order valence-corrected chi connectivity index (χ4v) is 4.38. The zero-order valence-corrected chi connectivity index (χ0v) is 18.2. The smallest absolute Gasteiger partial charge is 0.343 e. The Balaban J connectivity index is 1.30. The molecule has 2 aromatic carbocycles. The van der Waals surface area contributed by atoms with Crippen molar-refractivity contribution in [2.24, 2.45) is 0 Å². The molecule has 0 spiro atoms. The van der Waals surface area contributed by atoms with Crippen molar-refractivity contribution in [2.45, 2.75) is 13.3 Å². The van der Waals surface area contributed by atoms with E-state index in [-0.39, 0.29) is 10.7 Å². The Kier molecular flexibility index (Phi) is 6.29. The molecule has 1 N–H and O–H groups in total. The third-order valence-electron chi connectivity index (χ3n) is 4.54. The predicted molar refractivity (Wildman–Crippen MR) is 120 cm³/mol. The lowest BCUT2D eigenvalue weighted by Crippen LogP contribution is -2.30. The second-order valence-corrected chi connectivity index (χ2v) is 8.22. The number of nitrogens with one attached hydrogen (secondary N) is 1. The molecule has 7 nitrogen and oxygen atoms in total. The van der Waals surface area contributed by atoms with Crippen molar-refractivity contribution in [1.82, 2.24) is 20.1 Å². The van der Waals surface area contributed by atoms with Crippen LogP contribution in [0.2, 0.25) is 5.15 Å². The molecule has 4 rings (SSSR count). The fraction of sp³-hybridized carbons (Fsp3) is 0.182. The van der Waals surface area contributed by atoms with Crippen molar-refractivity contribution in [3.63, 3.8) is 0 Å². The summed E-state index contributed by atoms with van der Waals surface area (Å²) in [5.41, 5.74) is 2.25. The number of thiazole rings is 1. The zero-order chi connectivity index (χ0) is 21.8. The minimum absolute atomic E-state index is 0.143. The molecular formula is C22H19ClN4O3S. The van der Waals surface area contributed by atoms with E-state index in [1.54, 1.807) is 18.3 Å². The van der Waals surface area contributed by atoms with Crippen LogP contribution in [-0.4, -0.2) is 39.8 Å². The van der Waals surface area contributed by atoms with Crippen LogP contribution in [0.4, 0.5) is 0 Å². The van der Waals surface area contributed by atoms with Crippen molar-refractivity contribution in [1.29, 1.82) is 0 Å². The van der Waals surface area contributed by atoms with Crippen molar-refractivity contribution < 1.29 is 14.3 Å². The van der Waals surface area contributed by atoms with Crippen LogP contribution < -0.4 is 5.32 Å². The van der Waals surface area contributed by atoms with Crippen molar-refractivity contribution in [3.05, 3.63) is 76.0 Å². The third kappa shape index (κ3) is 4.76. The molecule has 4 aromatic rings. The number of halogens is 1. The average Bonchev–Trinajstić information content (AvgIpc) is 3.32. The number of carbonyl (C=O) groups excluding carboxylic acids is 2. The van der Waals surface area contributed by atoms with Crippen LogP contribution in [0.3, 0.4) is 0 Å². The second kappa shape index (κ2) is 9.28. The van der Waals surface area contributed by atoms with Crippen LogP contribution in [0.25, 0.3) is 15.9 Å². The molecule has 0 fully saturated rings. The van der Waals surface area contributed by atoms with E-state index in [0.717, 1.165) is 20.9 Å². The number of carbonyl (C=O) groups is 2. The molecular weight excluding hydrogens is 436 g/mol. The molecule has 0 saturated carbocycles. The van der Waals surface area contributed by atoms with Gasteiger partial charge in [-0.15, -0.1) is 11.3 Å². The highest BCUT2D eigenvalue weighted by Gasteiger charge is 2.23. The molecule has 158 valence electrons. The molecule has 0 saturated heterocycles. The van der Waals surface area contributed by atoms with Crippen LogP contribution >= 0.6 is 22.9 Å². The van der Waals surface area contributed by atoms with Gasteiger partial charge in [0.2, 0.25) is 0 Å². The van der Waals surface area contributed by atoms with Gasteiger partial charge in [-0.3, -0.25) is 4.79 Å². The van der Waals surface area contributed by atoms with E-state index >= 15 is 0 Å². The van der Waals surface area contributed by atoms with Crippen molar-refractivity contribution >= 4 is 45.0 Å². The second-order valence-electron chi connectivity index (χ2n) is 6.75. The minimum Gasteiger partial charge on any atom is -0.452 e. The number of benzene rings is 2. The van der Waals surface area contributed by atoms with Gasteiger partial charge in [0.1, 0.15) is 10.7 Å². The molecule has 2 heterocycles. The Morgan fingerprint density at radius 3 is 2.65 bits per heavy atom. The number of aromatic nitrogens is 3. The fourth-order valence-electron chi connectivity index (χ4n) is 3.06. The highest BCUT2D eigenvalue weighted by Crippen LogP contribution is 2.24. The highest BCUT2D eigenvalue weighted by molar-refractivity contribution is 7.18. The summed E-state index contributed by atoms with van der Waals surface area (Å²) in [6.45, 7) is 1.67. The molecule has 0 aliphatic heterocycles. The summed E-state index contributed by atoms with van der Waals surface area (Å²) in [5.74, 6) is -1.08. The van der Waals surface area contributed by atoms with Gasteiger partial charge in [-0.25, -0.2) is 14.5 Å². The first-order valence-corrected chi connectivity index (χ1v) is 10.8. The number of hydrogen-bond acceptors (Lipinski definition) is 6. The molecule has 31 heavy (non-hydrogen) atoms. The molecule has 1 amide bonds. The Morgan fingerprint density at radius 2 is 1.87 bits per heavy atom. The Labute approximate surface area is 187 Å². The maximum Gasteiger partial charge on any atom is 0.343 e. The third-order valence-corrected chi connectivity index (χ3v) is 5.99. The SMILES string of the molecule is Cc1nn(-c2ccccc2)c(Cl)c1C(=O)OCC(=O)NCCc1nc2ccccc2s1. The predicted octanol–water partition coefficient (Wildman–Crippen LogP) is 3.96. The lowest BCUT2D eigenvalue weighted by molar-refractivity contribution is -0.124. The number of amides is 1. The highest BCUT2D eigenvalue weighted by atomic mass is 35.5. The summed E-state index contributed by atoms with van der Waals surface area (Å²) in [7, 11) is 0. The molecule has 9 heteroatoms. The van der Waals surface area contributed by atoms with Crippen molar-refractivity contribution in [3.8, 4) is 5.69 Å². The van der Waals surface area contributed by atoms with E-state index < -0.39 is 18.5 Å². The van der Waals surface area contributed by atoms with Gasteiger partial charge in [-0.1, -0.05) is 41.9 Å². The van der Waals surface area contributed by atoms with Crippen LogP contribution in [0, 0.1) is 6.92 Å². The summed E-state index contributed by atoms with van der Waals surface area (Å²) in [6.07, 6.45) is 0.605. The zero-order valence-electron chi connectivity index (χ0n) is 16.7. The van der Waals surface area contributed by atoms with Gasteiger partial charge >= 0.3 is 5.97 Å². The summed E-state index contributed by atoms with van der Waals surface area (Å²) >= 11 is 7.95. The topological polar surface area (TPSA) is 86.1 Å². The van der Waals surface area contributed by atoms with E-state index in [1.165, 1.54) is 4.68 Å². The molecule has 0 aliphatic carbocycles. The van der Waals surface area contributed by atoms with Gasteiger partial charge < -0.3 is 10.1 Å². The van der Waals surface area contributed by atoms with Gasteiger partial charge in [0.05, 0.1) is 26.6 Å². The number of aryl methyl sites for hydroxylation is 1. The largest absolute Gasteiger partial charge is 0.452 e. The molecule has 0 radical (unpaired) electrons. The normalized spacial score (nSPS) is 10.9. The standard InChI is InChI=1S/C22H19ClN4O3S/c1-14-20(21(23)27(26-14)15-7-3-2-4-8-15)22(29)30-13-18(28)24-12-11-19-25-16-9-5-6-10-17(16)31-19/h2-10H,11-13H2,1H3,(H,24,28). The lowest BCUT2D eigenvalue weighted by atomic mass is 10.2. The first-order valence-electron chi connectivity index (χ1n) is 9.62. The van der Waals surface area contributed by atoms with Crippen LogP contribution in [-0.2, 0) is 16.0 Å². The van der Waals surface area contributed by atoms with E-state index in [1.807, 2.05) is 54.6 Å². The number of fused-ring (bicyclic) bond motifs is 1. The number of ether oxygens (including phenoxy) is 1. The van der Waals surface area contributed by atoms with Gasteiger partial charge in [0.15, 0.2) is 6.61 Å². The molecule has 2 aromatic heterocycles. The maximum atomic E-state index is 12.5. The van der Waals surface area contributed by atoms with Crippen LogP contribution in [0.1, 0.15) is 21.1 Å². The van der Waals surface area contributed by atoms with Gasteiger partial charge in [-0.05, 0) is 31.2 Å². The van der Waals surface area contributed by atoms with E-state index in [0.29, 0.717) is 18.7 Å². The number of rotatable bonds is 7. The number of nitrogens with zero attached hydrogens (tertiary/aromatic N) is 3. The molecule has 0 unspecified atom stereocenters. The first-order chi connectivity index (χ1) is 15.0. The number of hydrogen-bond donors (Lipinski definition) is 1. The molecule has 0 aliphatic rings. The van der Waals surface area contributed by atoms with Gasteiger partial charge in [0.25, 0.3) is 5.91 Å². The monoisotopic (exact) mass is 454 g/mol. The average molecular weight is 455 g/mol. The van der Waals surface area contributed by atoms with E-state index in [2.05, 4.69) is 15.4 Å². The number of esters is 1. The summed E-state index contributed by atoms with van der Waals surface area (Å²) < 4.78 is 7.73. The summed E-state index contributed by atoms with van der Waals surface area (Å²) in [6, 6.07) is 17.1. The minimum atomic E-state index is -0.689. The Morgan fingerprint density at radius 1 is 1.13 bits per heavy atom. The quantitative estimate of drug-likeness (QED) is 0.427. The number of para-hydroxylation sites is 2. The van der Waals surface area contributed by atoms with Gasteiger partial charge in [0, 0.05) is 13.0 Å². The van der Waals surface area contributed by atoms with Crippen molar-refractivity contribution in [2.75, 3.05) is 13.2 Å². The Hall–Kier alpha value is -3.23. The van der Waals surface area contributed by atoms with Crippen LogP contribution in [0.15, 0.2) is 54.6 Å².